The van der Waals surface area contributed by atoms with Crippen molar-refractivity contribution in [2.75, 3.05) is 6.54 Å². The molecule has 0 radical (unpaired) electrons. The summed E-state index contributed by atoms with van der Waals surface area (Å²) in [5, 5.41) is 20.8. The standard InChI is InChI=1S/C17H25N3OS/c1-20-12-14(16(19-20)15-7-6-10-22-15)11-18-13-17(21)8-4-2-3-5-9-17/h6-7,10,12,18,21H,2-5,8-9,11,13H2,1H3. The Balaban J connectivity index is 1.62. The van der Waals surface area contributed by atoms with Gasteiger partial charge in [0.25, 0.3) is 0 Å². The van der Waals surface area contributed by atoms with Crippen molar-refractivity contribution in [3.63, 3.8) is 0 Å². The second-order valence-electron chi connectivity index (χ2n) is 6.40. The molecule has 0 saturated heterocycles. The van der Waals surface area contributed by atoms with E-state index in [1.807, 2.05) is 11.7 Å². The first-order chi connectivity index (χ1) is 10.7. The van der Waals surface area contributed by atoms with Crippen LogP contribution in [0.1, 0.15) is 44.1 Å². The molecule has 1 fully saturated rings. The van der Waals surface area contributed by atoms with Crippen molar-refractivity contribution < 1.29 is 5.11 Å². The number of aryl methyl sites for hydroxylation is 1. The third-order valence-electron chi connectivity index (χ3n) is 4.46. The third kappa shape index (κ3) is 3.77. The molecule has 1 aliphatic carbocycles. The Morgan fingerprint density at radius 2 is 2.09 bits per heavy atom. The maximum atomic E-state index is 10.7. The van der Waals surface area contributed by atoms with Gasteiger partial charge < -0.3 is 10.4 Å². The van der Waals surface area contributed by atoms with E-state index in [0.29, 0.717) is 6.54 Å². The fourth-order valence-electron chi connectivity index (χ4n) is 3.28. The summed E-state index contributed by atoms with van der Waals surface area (Å²) in [4.78, 5) is 1.20. The summed E-state index contributed by atoms with van der Waals surface area (Å²) in [6.07, 6.45) is 8.72. The Labute approximate surface area is 136 Å². The first-order valence-electron chi connectivity index (χ1n) is 8.16. The van der Waals surface area contributed by atoms with Gasteiger partial charge in [-0.3, -0.25) is 4.68 Å². The van der Waals surface area contributed by atoms with E-state index in [4.69, 9.17) is 0 Å². The van der Waals surface area contributed by atoms with Crippen LogP contribution >= 0.6 is 11.3 Å². The fourth-order valence-corrected chi connectivity index (χ4v) is 4.03. The molecule has 2 aromatic rings. The molecule has 22 heavy (non-hydrogen) atoms. The fraction of sp³-hybridized carbons (Fsp3) is 0.588. The lowest BCUT2D eigenvalue weighted by atomic mass is 9.94. The van der Waals surface area contributed by atoms with Gasteiger partial charge in [0, 0.05) is 31.9 Å². The predicted molar refractivity (Wildman–Crippen MR) is 90.9 cm³/mol. The van der Waals surface area contributed by atoms with Crippen LogP contribution in [0.2, 0.25) is 0 Å². The zero-order valence-corrected chi connectivity index (χ0v) is 14.0. The molecule has 0 aliphatic heterocycles. The molecule has 0 atom stereocenters. The molecule has 120 valence electrons. The predicted octanol–water partition coefficient (Wildman–Crippen LogP) is 3.32. The summed E-state index contributed by atoms with van der Waals surface area (Å²) in [7, 11) is 1.96. The SMILES string of the molecule is Cn1cc(CNCC2(O)CCCCCC2)c(-c2cccs2)n1. The smallest absolute Gasteiger partial charge is 0.107 e. The molecule has 2 heterocycles. The van der Waals surface area contributed by atoms with Crippen molar-refractivity contribution in [3.05, 3.63) is 29.3 Å². The van der Waals surface area contributed by atoms with E-state index in [-0.39, 0.29) is 0 Å². The highest BCUT2D eigenvalue weighted by Crippen LogP contribution is 2.28. The van der Waals surface area contributed by atoms with Crippen molar-refractivity contribution in [1.82, 2.24) is 15.1 Å². The largest absolute Gasteiger partial charge is 0.389 e. The average molecular weight is 319 g/mol. The summed E-state index contributed by atoms with van der Waals surface area (Å²) >= 11 is 1.71. The lowest BCUT2D eigenvalue weighted by Crippen LogP contribution is -2.39. The Morgan fingerprint density at radius 3 is 2.77 bits per heavy atom. The van der Waals surface area contributed by atoms with Gasteiger partial charge >= 0.3 is 0 Å². The Morgan fingerprint density at radius 1 is 1.32 bits per heavy atom. The van der Waals surface area contributed by atoms with E-state index >= 15 is 0 Å². The number of thiophene rings is 1. The van der Waals surface area contributed by atoms with E-state index in [9.17, 15) is 5.11 Å². The number of rotatable bonds is 5. The molecule has 1 aliphatic rings. The van der Waals surface area contributed by atoms with Gasteiger partial charge in [-0.1, -0.05) is 31.7 Å². The number of aromatic nitrogens is 2. The van der Waals surface area contributed by atoms with Crippen LogP contribution in [0.3, 0.4) is 0 Å². The summed E-state index contributed by atoms with van der Waals surface area (Å²) in [5.74, 6) is 0. The molecular weight excluding hydrogens is 294 g/mol. The second kappa shape index (κ2) is 6.94. The van der Waals surface area contributed by atoms with Crippen LogP contribution in [-0.2, 0) is 13.6 Å². The lowest BCUT2D eigenvalue weighted by molar-refractivity contribution is 0.0250. The number of hydrogen-bond donors (Lipinski definition) is 2. The van der Waals surface area contributed by atoms with E-state index in [1.54, 1.807) is 11.3 Å². The minimum Gasteiger partial charge on any atom is -0.389 e. The van der Waals surface area contributed by atoms with Crippen LogP contribution in [0, 0.1) is 0 Å². The highest BCUT2D eigenvalue weighted by molar-refractivity contribution is 7.13. The number of aliphatic hydroxyl groups is 1. The summed E-state index contributed by atoms with van der Waals surface area (Å²) in [6.45, 7) is 1.43. The van der Waals surface area contributed by atoms with Crippen molar-refractivity contribution in [2.45, 2.75) is 50.7 Å². The minimum absolute atomic E-state index is 0.526. The molecule has 0 unspecified atom stereocenters. The first-order valence-corrected chi connectivity index (χ1v) is 9.04. The second-order valence-corrected chi connectivity index (χ2v) is 7.34. The normalized spacial score (nSPS) is 18.3. The molecule has 0 aromatic carbocycles. The van der Waals surface area contributed by atoms with Crippen LogP contribution < -0.4 is 5.32 Å². The summed E-state index contributed by atoms with van der Waals surface area (Å²) in [5.41, 5.74) is 1.72. The van der Waals surface area contributed by atoms with Gasteiger partial charge in [-0.25, -0.2) is 0 Å². The van der Waals surface area contributed by atoms with Gasteiger partial charge in [0.1, 0.15) is 5.69 Å². The van der Waals surface area contributed by atoms with Crippen LogP contribution in [0.25, 0.3) is 10.6 Å². The maximum Gasteiger partial charge on any atom is 0.107 e. The van der Waals surface area contributed by atoms with Crippen molar-refractivity contribution in [1.29, 1.82) is 0 Å². The van der Waals surface area contributed by atoms with Crippen LogP contribution in [0.4, 0.5) is 0 Å². The highest BCUT2D eigenvalue weighted by atomic mass is 32.1. The lowest BCUT2D eigenvalue weighted by Gasteiger charge is -2.26. The van der Waals surface area contributed by atoms with Crippen molar-refractivity contribution in [3.8, 4) is 10.6 Å². The molecule has 5 heteroatoms. The van der Waals surface area contributed by atoms with Gasteiger partial charge in [-0.05, 0) is 24.3 Å². The minimum atomic E-state index is -0.526. The molecule has 4 nitrogen and oxygen atoms in total. The third-order valence-corrected chi connectivity index (χ3v) is 5.34. The number of hydrogen-bond acceptors (Lipinski definition) is 4. The van der Waals surface area contributed by atoms with E-state index < -0.39 is 5.60 Å². The average Bonchev–Trinajstić information content (AvgIpc) is 3.07. The molecule has 1 saturated carbocycles. The Kier molecular flexibility index (Phi) is 4.96. The van der Waals surface area contributed by atoms with E-state index in [2.05, 4.69) is 34.1 Å². The maximum absolute atomic E-state index is 10.7. The number of nitrogens with zero attached hydrogens (tertiary/aromatic N) is 2. The van der Waals surface area contributed by atoms with E-state index in [0.717, 1.165) is 37.9 Å². The van der Waals surface area contributed by atoms with E-state index in [1.165, 1.54) is 23.3 Å². The van der Waals surface area contributed by atoms with Crippen molar-refractivity contribution >= 4 is 11.3 Å². The van der Waals surface area contributed by atoms with Crippen LogP contribution in [0.5, 0.6) is 0 Å². The summed E-state index contributed by atoms with van der Waals surface area (Å²) < 4.78 is 1.87. The Hall–Kier alpha value is -1.17. The van der Waals surface area contributed by atoms with Crippen LogP contribution in [-0.4, -0.2) is 27.0 Å². The molecule has 3 rings (SSSR count). The number of nitrogens with one attached hydrogen (secondary N) is 1. The zero-order chi connectivity index (χ0) is 15.4. The molecule has 2 N–H and O–H groups in total. The van der Waals surface area contributed by atoms with Gasteiger partial charge in [-0.15, -0.1) is 11.3 Å². The molecule has 2 aromatic heterocycles. The quantitative estimate of drug-likeness (QED) is 0.831. The zero-order valence-electron chi connectivity index (χ0n) is 13.2. The van der Waals surface area contributed by atoms with Gasteiger partial charge in [0.2, 0.25) is 0 Å². The molecule has 0 bridgehead atoms. The molecular formula is C17H25N3OS. The van der Waals surface area contributed by atoms with Crippen LogP contribution in [0.15, 0.2) is 23.7 Å². The monoisotopic (exact) mass is 319 g/mol. The summed E-state index contributed by atoms with van der Waals surface area (Å²) in [6, 6.07) is 4.16. The highest BCUT2D eigenvalue weighted by Gasteiger charge is 2.27. The van der Waals surface area contributed by atoms with Gasteiger partial charge in [-0.2, -0.15) is 5.10 Å². The molecule has 0 amide bonds. The van der Waals surface area contributed by atoms with Gasteiger partial charge in [0.15, 0.2) is 0 Å². The first kappa shape index (κ1) is 15.7. The topological polar surface area (TPSA) is 50.1 Å². The van der Waals surface area contributed by atoms with Crippen molar-refractivity contribution in [2.24, 2.45) is 7.05 Å². The van der Waals surface area contributed by atoms with Gasteiger partial charge in [0.05, 0.1) is 10.5 Å². The Bertz CT molecular complexity index is 583. The molecule has 0 spiro atoms.